The number of nitrogens with one attached hydrogen (secondary N) is 1. The summed E-state index contributed by atoms with van der Waals surface area (Å²) in [5.74, 6) is 2.24. The summed E-state index contributed by atoms with van der Waals surface area (Å²) in [7, 11) is 0. The summed E-state index contributed by atoms with van der Waals surface area (Å²) < 4.78 is 16.5. The van der Waals surface area contributed by atoms with E-state index in [0.29, 0.717) is 18.9 Å². The molecule has 3 aromatic rings. The third-order valence-corrected chi connectivity index (χ3v) is 5.43. The van der Waals surface area contributed by atoms with E-state index in [1.54, 1.807) is 0 Å². The van der Waals surface area contributed by atoms with E-state index in [0.717, 1.165) is 38.9 Å². The summed E-state index contributed by atoms with van der Waals surface area (Å²) >= 11 is 1.50. The summed E-state index contributed by atoms with van der Waals surface area (Å²) in [5, 5.41) is 5.67. The highest BCUT2D eigenvalue weighted by Crippen LogP contribution is 2.32. The number of nitrogens with zero attached hydrogens (tertiary/aromatic N) is 1. The van der Waals surface area contributed by atoms with Crippen LogP contribution in [0.2, 0.25) is 0 Å². The van der Waals surface area contributed by atoms with Crippen LogP contribution in [0.15, 0.2) is 41.8 Å². The lowest BCUT2D eigenvalue weighted by Crippen LogP contribution is -2.24. The van der Waals surface area contributed by atoms with Crippen molar-refractivity contribution in [3.8, 4) is 17.2 Å². The molecule has 1 aliphatic rings. The lowest BCUT2D eigenvalue weighted by molar-refractivity contribution is -0.120. The molecule has 0 fully saturated rings. The minimum atomic E-state index is -0.0741. The molecule has 29 heavy (non-hydrogen) atoms. The largest absolute Gasteiger partial charge is 0.486 e. The number of hydrogen-bond acceptors (Lipinski definition) is 6. The summed E-state index contributed by atoms with van der Waals surface area (Å²) in [6.07, 6.45) is 0.241. The maximum Gasteiger partial charge on any atom is 0.231 e. The van der Waals surface area contributed by atoms with Crippen molar-refractivity contribution in [2.24, 2.45) is 0 Å². The Bertz CT molecular complexity index is 1030. The van der Waals surface area contributed by atoms with E-state index in [4.69, 9.17) is 14.2 Å². The molecule has 0 radical (unpaired) electrons. The van der Waals surface area contributed by atoms with Gasteiger partial charge in [0.2, 0.25) is 12.7 Å². The van der Waals surface area contributed by atoms with Crippen LogP contribution in [0.3, 0.4) is 0 Å². The van der Waals surface area contributed by atoms with Gasteiger partial charge in [0.05, 0.1) is 12.1 Å². The Hall–Kier alpha value is -3.06. The smallest absolute Gasteiger partial charge is 0.231 e. The average molecular weight is 410 g/mol. The van der Waals surface area contributed by atoms with Gasteiger partial charge in [0.1, 0.15) is 17.4 Å². The normalized spacial score (nSPS) is 12.1. The van der Waals surface area contributed by atoms with Crippen molar-refractivity contribution >= 4 is 17.2 Å². The zero-order valence-corrected chi connectivity index (χ0v) is 17.2. The lowest BCUT2D eigenvalue weighted by atomic mass is 10.1. The van der Waals surface area contributed by atoms with Gasteiger partial charge in [-0.25, -0.2) is 4.98 Å². The van der Waals surface area contributed by atoms with Gasteiger partial charge in [0.25, 0.3) is 0 Å². The zero-order chi connectivity index (χ0) is 20.2. The molecule has 0 unspecified atom stereocenters. The second-order valence-corrected chi connectivity index (χ2v) is 7.87. The van der Waals surface area contributed by atoms with Gasteiger partial charge in [0, 0.05) is 11.9 Å². The van der Waals surface area contributed by atoms with Crippen LogP contribution < -0.4 is 19.5 Å². The van der Waals surface area contributed by atoms with Crippen LogP contribution in [-0.2, 0) is 24.4 Å². The van der Waals surface area contributed by atoms with E-state index in [1.165, 1.54) is 11.3 Å². The van der Waals surface area contributed by atoms with Crippen LogP contribution in [0.4, 0.5) is 0 Å². The van der Waals surface area contributed by atoms with Crippen molar-refractivity contribution < 1.29 is 19.0 Å². The topological polar surface area (TPSA) is 69.7 Å². The van der Waals surface area contributed by atoms with Gasteiger partial charge in [-0.05, 0) is 48.7 Å². The number of ether oxygens (including phenoxy) is 3. The Morgan fingerprint density at radius 3 is 2.93 bits per heavy atom. The monoisotopic (exact) mass is 410 g/mol. The van der Waals surface area contributed by atoms with Crippen molar-refractivity contribution in [2.45, 2.75) is 33.4 Å². The van der Waals surface area contributed by atoms with Crippen molar-refractivity contribution in [1.82, 2.24) is 10.3 Å². The highest BCUT2D eigenvalue weighted by atomic mass is 32.1. The van der Waals surface area contributed by atoms with Gasteiger partial charge >= 0.3 is 0 Å². The Labute approximate surface area is 173 Å². The van der Waals surface area contributed by atoms with Crippen LogP contribution in [0.5, 0.6) is 17.2 Å². The molecule has 6 nitrogen and oxygen atoms in total. The molecule has 4 rings (SSSR count). The quantitative estimate of drug-likeness (QED) is 0.639. The summed E-state index contributed by atoms with van der Waals surface area (Å²) in [6.45, 7) is 5.13. The lowest BCUT2D eigenvalue weighted by Gasteiger charge is -2.08. The summed E-state index contributed by atoms with van der Waals surface area (Å²) in [6, 6.07) is 11.8. The second-order valence-electron chi connectivity index (χ2n) is 6.93. The fourth-order valence-electron chi connectivity index (χ4n) is 2.98. The molecule has 0 atom stereocenters. The van der Waals surface area contributed by atoms with E-state index < -0.39 is 0 Å². The minimum absolute atomic E-state index is 0.0741. The highest BCUT2D eigenvalue weighted by molar-refractivity contribution is 7.09. The number of carbonyl (C=O) groups is 1. The first-order chi connectivity index (χ1) is 14.1. The average Bonchev–Trinajstić information content (AvgIpc) is 3.36. The predicted molar refractivity (Wildman–Crippen MR) is 110 cm³/mol. The van der Waals surface area contributed by atoms with E-state index in [1.807, 2.05) is 49.6 Å². The molecule has 0 saturated carbocycles. The number of hydrogen-bond donors (Lipinski definition) is 1. The highest BCUT2D eigenvalue weighted by Gasteiger charge is 2.14. The van der Waals surface area contributed by atoms with E-state index >= 15 is 0 Å². The molecule has 0 spiro atoms. The van der Waals surface area contributed by atoms with Gasteiger partial charge in [0.15, 0.2) is 11.5 Å². The minimum Gasteiger partial charge on any atom is -0.486 e. The Morgan fingerprint density at radius 1 is 1.17 bits per heavy atom. The molecule has 0 aliphatic carbocycles. The second kappa shape index (κ2) is 8.53. The third kappa shape index (κ3) is 4.86. The maximum atomic E-state index is 12.3. The van der Waals surface area contributed by atoms with Crippen LogP contribution in [0.1, 0.15) is 27.4 Å². The number of amides is 1. The van der Waals surface area contributed by atoms with Crippen molar-refractivity contribution in [3.63, 3.8) is 0 Å². The van der Waals surface area contributed by atoms with Gasteiger partial charge in [-0.2, -0.15) is 0 Å². The first-order valence-corrected chi connectivity index (χ1v) is 10.2. The van der Waals surface area contributed by atoms with Crippen molar-refractivity contribution in [3.05, 3.63) is 69.2 Å². The molecule has 2 aromatic carbocycles. The molecule has 1 aromatic heterocycles. The molecular weight excluding hydrogens is 388 g/mol. The van der Waals surface area contributed by atoms with Crippen LogP contribution in [-0.4, -0.2) is 17.7 Å². The standard InChI is InChI=1S/C22H22N2O4S/c1-14-3-4-15(2)19(7-14)26-11-22-24-17(12-29-22)9-21(25)23-10-16-5-6-18-20(8-16)28-13-27-18/h3-8,12H,9-11,13H2,1-2H3,(H,23,25). The first kappa shape index (κ1) is 19.3. The molecular formula is C22H22N2O4S. The number of benzene rings is 2. The summed E-state index contributed by atoms with van der Waals surface area (Å²) in [4.78, 5) is 16.8. The molecule has 1 N–H and O–H groups in total. The molecule has 7 heteroatoms. The van der Waals surface area contributed by atoms with Gasteiger partial charge in [-0.3, -0.25) is 4.79 Å². The molecule has 2 heterocycles. The maximum absolute atomic E-state index is 12.3. The fourth-order valence-corrected chi connectivity index (χ4v) is 3.68. The van der Waals surface area contributed by atoms with Crippen molar-refractivity contribution in [2.75, 3.05) is 6.79 Å². The van der Waals surface area contributed by atoms with E-state index in [9.17, 15) is 4.79 Å². The van der Waals surface area contributed by atoms with Crippen LogP contribution >= 0.6 is 11.3 Å². The molecule has 150 valence electrons. The number of aromatic nitrogens is 1. The Morgan fingerprint density at radius 2 is 2.03 bits per heavy atom. The van der Waals surface area contributed by atoms with E-state index in [-0.39, 0.29) is 19.1 Å². The molecule has 0 bridgehead atoms. The predicted octanol–water partition coefficient (Wildman–Crippen LogP) is 3.93. The Kier molecular flexibility index (Phi) is 5.67. The molecule has 1 aliphatic heterocycles. The number of aryl methyl sites for hydroxylation is 2. The Balaban J connectivity index is 1.27. The van der Waals surface area contributed by atoms with Crippen molar-refractivity contribution in [1.29, 1.82) is 0 Å². The zero-order valence-electron chi connectivity index (χ0n) is 16.4. The number of rotatable bonds is 7. The van der Waals surface area contributed by atoms with Crippen LogP contribution in [0, 0.1) is 13.8 Å². The first-order valence-electron chi connectivity index (χ1n) is 9.35. The van der Waals surface area contributed by atoms with Crippen LogP contribution in [0.25, 0.3) is 0 Å². The molecule has 1 amide bonds. The van der Waals surface area contributed by atoms with Gasteiger partial charge < -0.3 is 19.5 Å². The SMILES string of the molecule is Cc1ccc(C)c(OCc2nc(CC(=O)NCc3ccc4c(c3)OCO4)cs2)c1. The number of thiazole rings is 1. The van der Waals surface area contributed by atoms with Gasteiger partial charge in [-0.1, -0.05) is 18.2 Å². The number of fused-ring (bicyclic) bond motifs is 1. The summed E-state index contributed by atoms with van der Waals surface area (Å²) in [5.41, 5.74) is 3.96. The van der Waals surface area contributed by atoms with Gasteiger partial charge in [-0.15, -0.1) is 11.3 Å². The number of carbonyl (C=O) groups excluding carboxylic acids is 1. The fraction of sp³-hybridized carbons (Fsp3) is 0.273. The third-order valence-electron chi connectivity index (χ3n) is 4.56. The van der Waals surface area contributed by atoms with E-state index in [2.05, 4.69) is 16.4 Å². The molecule has 0 saturated heterocycles.